The number of hydrogen-bond donors (Lipinski definition) is 1. The van der Waals surface area contributed by atoms with Crippen molar-refractivity contribution < 1.29 is 30.8 Å². The minimum Gasteiger partial charge on any atom is -0.492 e. The average molecular weight is 474 g/mol. The molecule has 0 radical (unpaired) electrons. The van der Waals surface area contributed by atoms with Crippen LogP contribution < -0.4 is 14.4 Å². The summed E-state index contributed by atoms with van der Waals surface area (Å²) in [6, 6.07) is 10.7. The van der Waals surface area contributed by atoms with E-state index in [9.17, 15) is 26.0 Å². The number of sulfonamides is 2. The van der Waals surface area contributed by atoms with Crippen molar-refractivity contribution >= 4 is 31.6 Å². The highest BCUT2D eigenvalue weighted by atomic mass is 32.2. The molecule has 0 aliphatic heterocycles. The van der Waals surface area contributed by atoms with Crippen molar-refractivity contribution in [3.8, 4) is 5.75 Å². The minimum absolute atomic E-state index is 0.0432. The molecule has 2 aromatic rings. The number of halogens is 1. The normalized spacial score (nSPS) is 11.9. The highest BCUT2D eigenvalue weighted by molar-refractivity contribution is 7.92. The third-order valence-electron chi connectivity index (χ3n) is 4.08. The van der Waals surface area contributed by atoms with E-state index >= 15 is 0 Å². The Hall–Kier alpha value is -2.70. The van der Waals surface area contributed by atoms with Gasteiger partial charge in [-0.15, -0.1) is 0 Å². The molecule has 0 bridgehead atoms. The molecule has 170 valence electrons. The fourth-order valence-corrected chi connectivity index (χ4v) is 4.25. The molecule has 2 aromatic carbocycles. The topological polar surface area (TPSA) is 113 Å². The van der Waals surface area contributed by atoms with Crippen LogP contribution in [0.15, 0.2) is 53.4 Å². The maximum Gasteiger partial charge on any atom is 0.242 e. The van der Waals surface area contributed by atoms with Crippen molar-refractivity contribution in [2.24, 2.45) is 0 Å². The van der Waals surface area contributed by atoms with Crippen LogP contribution in [-0.4, -0.2) is 67.1 Å². The zero-order valence-electron chi connectivity index (χ0n) is 17.3. The van der Waals surface area contributed by atoms with Crippen molar-refractivity contribution in [3.05, 3.63) is 54.3 Å². The number of benzene rings is 2. The van der Waals surface area contributed by atoms with Crippen molar-refractivity contribution in [1.82, 2.24) is 9.62 Å². The van der Waals surface area contributed by atoms with Crippen LogP contribution in [0, 0.1) is 5.82 Å². The van der Waals surface area contributed by atoms with E-state index in [2.05, 4.69) is 5.32 Å². The van der Waals surface area contributed by atoms with Crippen molar-refractivity contribution in [3.63, 3.8) is 0 Å². The van der Waals surface area contributed by atoms with Crippen LogP contribution in [0.5, 0.6) is 5.75 Å². The van der Waals surface area contributed by atoms with Crippen LogP contribution >= 0.6 is 0 Å². The lowest BCUT2D eigenvalue weighted by Crippen LogP contribution is -2.41. The summed E-state index contributed by atoms with van der Waals surface area (Å²) in [5.74, 6) is -0.806. The van der Waals surface area contributed by atoms with Gasteiger partial charge in [-0.1, -0.05) is 6.07 Å². The Labute approximate surface area is 181 Å². The summed E-state index contributed by atoms with van der Waals surface area (Å²) >= 11 is 0. The van der Waals surface area contributed by atoms with Gasteiger partial charge in [0.25, 0.3) is 0 Å². The number of rotatable bonds is 10. The monoisotopic (exact) mass is 473 g/mol. The molecule has 1 N–H and O–H groups in total. The van der Waals surface area contributed by atoms with Gasteiger partial charge in [0, 0.05) is 14.1 Å². The molecule has 1 amide bonds. The Balaban J connectivity index is 1.89. The number of nitrogens with one attached hydrogen (secondary N) is 1. The Morgan fingerprint density at radius 1 is 1.06 bits per heavy atom. The number of ether oxygens (including phenoxy) is 1. The van der Waals surface area contributed by atoms with Gasteiger partial charge < -0.3 is 10.1 Å². The lowest BCUT2D eigenvalue weighted by Gasteiger charge is -2.21. The van der Waals surface area contributed by atoms with Crippen LogP contribution in [0.25, 0.3) is 0 Å². The number of amides is 1. The molecule has 0 heterocycles. The van der Waals surface area contributed by atoms with Gasteiger partial charge in [-0.2, -0.15) is 0 Å². The molecule has 12 heteroatoms. The van der Waals surface area contributed by atoms with Crippen LogP contribution in [0.2, 0.25) is 0 Å². The lowest BCUT2D eigenvalue weighted by atomic mass is 10.3. The molecular weight excluding hydrogens is 449 g/mol. The first-order valence-corrected chi connectivity index (χ1v) is 12.4. The molecule has 31 heavy (non-hydrogen) atoms. The summed E-state index contributed by atoms with van der Waals surface area (Å²) in [4.78, 5) is 12.3. The number of anilines is 1. The second kappa shape index (κ2) is 10.1. The van der Waals surface area contributed by atoms with Crippen LogP contribution in [0.1, 0.15) is 0 Å². The summed E-state index contributed by atoms with van der Waals surface area (Å²) in [6.07, 6.45) is 0.925. The molecule has 0 aliphatic carbocycles. The lowest BCUT2D eigenvalue weighted by molar-refractivity contribution is -0.119. The standard InChI is InChI=1S/C19H24FN3O6S2/c1-22(2)31(27,28)18-9-7-17(8-10-18)29-12-11-21-19(24)14-23(30(3,25)26)16-6-4-5-15(20)13-16/h4-10,13H,11-12,14H2,1-3H3,(H,21,24). The molecule has 0 aromatic heterocycles. The number of carbonyl (C=O) groups is 1. The van der Waals surface area contributed by atoms with Gasteiger partial charge in [-0.25, -0.2) is 25.5 Å². The SMILES string of the molecule is CN(C)S(=O)(=O)c1ccc(OCCNC(=O)CN(c2cccc(F)c2)S(C)(=O)=O)cc1. The Kier molecular flexibility index (Phi) is 7.98. The van der Waals surface area contributed by atoms with Gasteiger partial charge in [-0.3, -0.25) is 9.10 Å². The van der Waals surface area contributed by atoms with Crippen LogP contribution in [0.3, 0.4) is 0 Å². The molecule has 0 unspecified atom stereocenters. The summed E-state index contributed by atoms with van der Waals surface area (Å²) in [5, 5.41) is 2.52. The van der Waals surface area contributed by atoms with E-state index in [1.165, 1.54) is 56.6 Å². The van der Waals surface area contributed by atoms with Gasteiger partial charge in [0.2, 0.25) is 26.0 Å². The first kappa shape index (κ1) is 24.6. The largest absolute Gasteiger partial charge is 0.492 e. The van der Waals surface area contributed by atoms with Gasteiger partial charge in [0.05, 0.1) is 23.4 Å². The van der Waals surface area contributed by atoms with E-state index in [0.717, 1.165) is 20.9 Å². The molecule has 0 aliphatic rings. The fourth-order valence-electron chi connectivity index (χ4n) is 2.50. The Bertz CT molecular complexity index is 1120. The van der Waals surface area contributed by atoms with Crippen LogP contribution in [0.4, 0.5) is 10.1 Å². The third-order valence-corrected chi connectivity index (χ3v) is 7.05. The summed E-state index contributed by atoms with van der Waals surface area (Å²) < 4.78 is 68.8. The van der Waals surface area contributed by atoms with Gasteiger partial charge in [-0.05, 0) is 42.5 Å². The van der Waals surface area contributed by atoms with E-state index in [1.807, 2.05) is 0 Å². The molecule has 2 rings (SSSR count). The highest BCUT2D eigenvalue weighted by Crippen LogP contribution is 2.19. The Morgan fingerprint density at radius 2 is 1.71 bits per heavy atom. The second-order valence-corrected chi connectivity index (χ2v) is 10.8. The van der Waals surface area contributed by atoms with Crippen molar-refractivity contribution in [2.45, 2.75) is 4.90 Å². The zero-order chi connectivity index (χ0) is 23.2. The van der Waals surface area contributed by atoms with E-state index in [0.29, 0.717) is 5.75 Å². The van der Waals surface area contributed by atoms with Gasteiger partial charge >= 0.3 is 0 Å². The Morgan fingerprint density at radius 3 is 2.26 bits per heavy atom. The smallest absolute Gasteiger partial charge is 0.242 e. The van der Waals surface area contributed by atoms with E-state index < -0.39 is 38.3 Å². The second-order valence-electron chi connectivity index (χ2n) is 6.71. The summed E-state index contributed by atoms with van der Waals surface area (Å²) in [6.45, 7) is -0.360. The highest BCUT2D eigenvalue weighted by Gasteiger charge is 2.21. The molecule has 9 nitrogen and oxygen atoms in total. The van der Waals surface area contributed by atoms with Crippen LogP contribution in [-0.2, 0) is 24.8 Å². The zero-order valence-corrected chi connectivity index (χ0v) is 18.9. The number of nitrogens with zero attached hydrogens (tertiary/aromatic N) is 2. The van der Waals surface area contributed by atoms with E-state index in [-0.39, 0.29) is 23.7 Å². The number of hydrogen-bond acceptors (Lipinski definition) is 6. The third kappa shape index (κ3) is 6.91. The first-order valence-electron chi connectivity index (χ1n) is 9.06. The van der Waals surface area contributed by atoms with Gasteiger partial charge in [0.15, 0.2) is 0 Å². The fraction of sp³-hybridized carbons (Fsp3) is 0.316. The van der Waals surface area contributed by atoms with Crippen molar-refractivity contribution in [1.29, 1.82) is 0 Å². The molecule has 0 saturated heterocycles. The molecule has 0 saturated carbocycles. The van der Waals surface area contributed by atoms with Crippen molar-refractivity contribution in [2.75, 3.05) is 44.4 Å². The predicted octanol–water partition coefficient (Wildman–Crippen LogP) is 1.04. The quantitative estimate of drug-likeness (QED) is 0.516. The maximum atomic E-state index is 13.4. The molecule has 0 fully saturated rings. The maximum absolute atomic E-state index is 13.4. The summed E-state index contributed by atoms with van der Waals surface area (Å²) in [5.41, 5.74) is 0.0432. The molecular formula is C19H24FN3O6S2. The minimum atomic E-state index is -3.80. The summed E-state index contributed by atoms with van der Waals surface area (Å²) in [7, 11) is -4.48. The van der Waals surface area contributed by atoms with E-state index in [1.54, 1.807) is 0 Å². The van der Waals surface area contributed by atoms with Gasteiger partial charge in [0.1, 0.15) is 24.7 Å². The number of carbonyl (C=O) groups excluding carboxylic acids is 1. The predicted molar refractivity (Wildman–Crippen MR) is 114 cm³/mol. The first-order chi connectivity index (χ1) is 14.4. The average Bonchev–Trinajstić information content (AvgIpc) is 2.68. The molecule has 0 atom stereocenters. The molecule has 0 spiro atoms. The van der Waals surface area contributed by atoms with E-state index in [4.69, 9.17) is 4.74 Å².